The number of nitrogens with one attached hydrogen (secondary N) is 1. The number of hydrogen-bond acceptors (Lipinski definition) is 2. The summed E-state index contributed by atoms with van der Waals surface area (Å²) in [7, 11) is 0. The van der Waals surface area contributed by atoms with Crippen molar-refractivity contribution >= 4 is 0 Å². The van der Waals surface area contributed by atoms with Gasteiger partial charge in [0.25, 0.3) is 0 Å². The molecule has 0 saturated carbocycles. The monoisotopic (exact) mass is 245 g/mol. The van der Waals surface area contributed by atoms with Crippen LogP contribution in [0.4, 0.5) is 0 Å². The maximum Gasteiger partial charge on any atom is 0.0641 e. The number of rotatable bonds is 2. The zero-order valence-electron chi connectivity index (χ0n) is 11.4. The predicted octanol–water partition coefficient (Wildman–Crippen LogP) is 2.70. The molecule has 3 rings (SSSR count). The Morgan fingerprint density at radius 1 is 1.11 bits per heavy atom. The van der Waals surface area contributed by atoms with Crippen LogP contribution in [0.2, 0.25) is 0 Å². The van der Waals surface area contributed by atoms with Crippen LogP contribution in [0.1, 0.15) is 37.8 Å². The summed E-state index contributed by atoms with van der Waals surface area (Å²) in [5, 5.41) is 3.84. The molecule has 1 N–H and O–H groups in total. The van der Waals surface area contributed by atoms with Crippen LogP contribution in [0.15, 0.2) is 24.3 Å². The van der Waals surface area contributed by atoms with Crippen molar-refractivity contribution in [3.8, 4) is 0 Å². The Labute approximate surface area is 110 Å². The van der Waals surface area contributed by atoms with Gasteiger partial charge in [-0.1, -0.05) is 24.3 Å². The van der Waals surface area contributed by atoms with Crippen LogP contribution in [-0.4, -0.2) is 24.3 Å². The van der Waals surface area contributed by atoms with Crippen LogP contribution in [0.25, 0.3) is 0 Å². The summed E-state index contributed by atoms with van der Waals surface area (Å²) in [5.74, 6) is 0. The molecule has 0 spiro atoms. The van der Waals surface area contributed by atoms with E-state index >= 15 is 0 Å². The van der Waals surface area contributed by atoms with E-state index in [0.717, 1.165) is 19.4 Å². The van der Waals surface area contributed by atoms with Crippen LogP contribution < -0.4 is 5.32 Å². The molecule has 1 aromatic carbocycles. The summed E-state index contributed by atoms with van der Waals surface area (Å²) in [6.07, 6.45) is 4.65. The molecule has 1 heterocycles. The summed E-state index contributed by atoms with van der Waals surface area (Å²) in [4.78, 5) is 0. The third kappa shape index (κ3) is 2.60. The van der Waals surface area contributed by atoms with Crippen LogP contribution in [0.3, 0.4) is 0 Å². The Hall–Kier alpha value is -0.860. The zero-order chi connectivity index (χ0) is 12.6. The van der Waals surface area contributed by atoms with E-state index in [9.17, 15) is 0 Å². The first-order chi connectivity index (χ1) is 8.62. The van der Waals surface area contributed by atoms with Crippen molar-refractivity contribution in [1.29, 1.82) is 0 Å². The third-order valence-electron chi connectivity index (χ3n) is 4.22. The summed E-state index contributed by atoms with van der Waals surface area (Å²) in [5.41, 5.74) is 3.10. The van der Waals surface area contributed by atoms with Crippen LogP contribution in [0.5, 0.6) is 0 Å². The van der Waals surface area contributed by atoms with E-state index in [1.54, 1.807) is 0 Å². The first-order valence-corrected chi connectivity index (χ1v) is 7.09. The van der Waals surface area contributed by atoms with Gasteiger partial charge in [-0.05, 0) is 50.7 Å². The fraction of sp³-hybridized carbons (Fsp3) is 0.625. The highest BCUT2D eigenvalue weighted by Gasteiger charge is 2.31. The average molecular weight is 245 g/mol. The van der Waals surface area contributed by atoms with Gasteiger partial charge in [-0.3, -0.25) is 0 Å². The molecule has 1 saturated heterocycles. The molecule has 1 aromatic rings. The Balaban J connectivity index is 1.59. The second kappa shape index (κ2) is 4.67. The van der Waals surface area contributed by atoms with Crippen molar-refractivity contribution in [2.24, 2.45) is 0 Å². The molecule has 98 valence electrons. The Kier molecular flexibility index (Phi) is 3.16. The minimum atomic E-state index is 0.0430. The molecule has 1 unspecified atom stereocenters. The van der Waals surface area contributed by atoms with E-state index < -0.39 is 0 Å². The molecular formula is C16H23NO. The second-order valence-electron chi connectivity index (χ2n) is 6.34. The van der Waals surface area contributed by atoms with Crippen LogP contribution in [0, 0.1) is 0 Å². The lowest BCUT2D eigenvalue weighted by Gasteiger charge is -2.37. The smallest absolute Gasteiger partial charge is 0.0641 e. The van der Waals surface area contributed by atoms with Crippen LogP contribution in [-0.2, 0) is 17.6 Å². The lowest BCUT2D eigenvalue weighted by Crippen LogP contribution is -2.47. The van der Waals surface area contributed by atoms with Crippen molar-refractivity contribution in [3.63, 3.8) is 0 Å². The van der Waals surface area contributed by atoms with Crippen molar-refractivity contribution < 1.29 is 4.74 Å². The molecule has 2 heteroatoms. The molecule has 1 aliphatic heterocycles. The summed E-state index contributed by atoms with van der Waals surface area (Å²) >= 11 is 0. The summed E-state index contributed by atoms with van der Waals surface area (Å²) < 4.78 is 5.78. The van der Waals surface area contributed by atoms with E-state index in [4.69, 9.17) is 4.74 Å². The molecule has 18 heavy (non-hydrogen) atoms. The lowest BCUT2D eigenvalue weighted by atomic mass is 9.93. The zero-order valence-corrected chi connectivity index (χ0v) is 11.4. The third-order valence-corrected chi connectivity index (χ3v) is 4.22. The fourth-order valence-corrected chi connectivity index (χ4v) is 3.38. The average Bonchev–Trinajstić information content (AvgIpc) is 2.69. The fourth-order valence-electron chi connectivity index (χ4n) is 3.38. The van der Waals surface area contributed by atoms with Gasteiger partial charge in [0.2, 0.25) is 0 Å². The standard InChI is InChI=1S/C16H23NO/c1-16(2)11-14(7-8-18-16)17-15-9-12-5-3-4-6-13(12)10-15/h3-6,14-15,17H,7-11H2,1-2H3. The van der Waals surface area contributed by atoms with Gasteiger partial charge < -0.3 is 10.1 Å². The van der Waals surface area contributed by atoms with Crippen molar-refractivity contribution in [1.82, 2.24) is 5.32 Å². The highest BCUT2D eigenvalue weighted by molar-refractivity contribution is 5.33. The lowest BCUT2D eigenvalue weighted by molar-refractivity contribution is -0.0640. The summed E-state index contributed by atoms with van der Waals surface area (Å²) in [6, 6.07) is 10.1. The number of benzene rings is 1. The molecule has 0 amide bonds. The quantitative estimate of drug-likeness (QED) is 0.865. The molecule has 1 aliphatic carbocycles. The summed E-state index contributed by atoms with van der Waals surface area (Å²) in [6.45, 7) is 5.29. The molecule has 2 aliphatic rings. The van der Waals surface area contributed by atoms with E-state index in [2.05, 4.69) is 43.4 Å². The molecular weight excluding hydrogens is 222 g/mol. The predicted molar refractivity (Wildman–Crippen MR) is 73.8 cm³/mol. The minimum Gasteiger partial charge on any atom is -0.375 e. The van der Waals surface area contributed by atoms with E-state index in [0.29, 0.717) is 12.1 Å². The van der Waals surface area contributed by atoms with Gasteiger partial charge in [-0.2, -0.15) is 0 Å². The topological polar surface area (TPSA) is 21.3 Å². The van der Waals surface area contributed by atoms with Gasteiger partial charge in [-0.25, -0.2) is 0 Å². The van der Waals surface area contributed by atoms with Gasteiger partial charge in [0, 0.05) is 18.7 Å². The second-order valence-corrected chi connectivity index (χ2v) is 6.34. The molecule has 0 radical (unpaired) electrons. The Bertz CT molecular complexity index is 402. The maximum atomic E-state index is 5.78. The minimum absolute atomic E-state index is 0.0430. The largest absolute Gasteiger partial charge is 0.375 e. The van der Waals surface area contributed by atoms with Gasteiger partial charge in [0.05, 0.1) is 5.60 Å². The molecule has 0 aromatic heterocycles. The maximum absolute atomic E-state index is 5.78. The van der Waals surface area contributed by atoms with Crippen molar-refractivity contribution in [3.05, 3.63) is 35.4 Å². The number of fused-ring (bicyclic) bond motifs is 1. The Morgan fingerprint density at radius 2 is 1.78 bits per heavy atom. The first kappa shape index (κ1) is 12.2. The number of ether oxygens (including phenoxy) is 1. The van der Waals surface area contributed by atoms with Gasteiger partial charge in [-0.15, -0.1) is 0 Å². The molecule has 1 atom stereocenters. The highest BCUT2D eigenvalue weighted by atomic mass is 16.5. The van der Waals surface area contributed by atoms with Crippen molar-refractivity contribution in [2.45, 2.75) is 57.2 Å². The molecule has 0 bridgehead atoms. The van der Waals surface area contributed by atoms with Crippen LogP contribution >= 0.6 is 0 Å². The molecule has 2 nitrogen and oxygen atoms in total. The molecule has 1 fully saturated rings. The number of hydrogen-bond donors (Lipinski definition) is 1. The van der Waals surface area contributed by atoms with Crippen molar-refractivity contribution in [2.75, 3.05) is 6.61 Å². The van der Waals surface area contributed by atoms with Gasteiger partial charge in [0.1, 0.15) is 0 Å². The normalized spacial score (nSPS) is 27.1. The highest BCUT2D eigenvalue weighted by Crippen LogP contribution is 2.27. The van der Waals surface area contributed by atoms with E-state index in [-0.39, 0.29) is 5.60 Å². The first-order valence-electron chi connectivity index (χ1n) is 7.09. The Morgan fingerprint density at radius 3 is 2.39 bits per heavy atom. The van der Waals surface area contributed by atoms with Gasteiger partial charge in [0.15, 0.2) is 0 Å². The van der Waals surface area contributed by atoms with E-state index in [1.165, 1.54) is 24.0 Å². The van der Waals surface area contributed by atoms with E-state index in [1.807, 2.05) is 0 Å². The van der Waals surface area contributed by atoms with Gasteiger partial charge >= 0.3 is 0 Å². The SMILES string of the molecule is CC1(C)CC(NC2Cc3ccccc3C2)CCO1.